The van der Waals surface area contributed by atoms with Crippen molar-refractivity contribution in [3.05, 3.63) is 47.9 Å². The first-order valence-electron chi connectivity index (χ1n) is 11.2. The summed E-state index contributed by atoms with van der Waals surface area (Å²) in [5.41, 5.74) is 1.75. The average Bonchev–Trinajstić information content (AvgIpc) is 3.24. The number of carbonyl (C=O) groups excluding carboxylic acids is 1. The summed E-state index contributed by atoms with van der Waals surface area (Å²) in [6, 6.07) is 6.89. The predicted octanol–water partition coefficient (Wildman–Crippen LogP) is 3.99. The summed E-state index contributed by atoms with van der Waals surface area (Å²) in [5, 5.41) is 3.42. The molecular formula is C23H29N5O3S2. The van der Waals surface area contributed by atoms with Gasteiger partial charge in [-0.15, -0.1) is 0 Å². The molecule has 1 N–H and O–H groups in total. The van der Waals surface area contributed by atoms with Crippen LogP contribution in [0.2, 0.25) is 0 Å². The highest BCUT2D eigenvalue weighted by molar-refractivity contribution is 7.89. The van der Waals surface area contributed by atoms with E-state index in [2.05, 4.69) is 15.3 Å². The zero-order valence-corrected chi connectivity index (χ0v) is 20.6. The van der Waals surface area contributed by atoms with Gasteiger partial charge in [0, 0.05) is 39.0 Å². The summed E-state index contributed by atoms with van der Waals surface area (Å²) in [6.45, 7) is 3.07. The molecule has 4 rings (SSSR count). The molecule has 1 aliphatic rings. The minimum Gasteiger partial charge on any atom is -0.333 e. The molecule has 1 saturated heterocycles. The van der Waals surface area contributed by atoms with Crippen molar-refractivity contribution in [3.8, 4) is 10.7 Å². The molecule has 10 heteroatoms. The third-order valence-corrected chi connectivity index (χ3v) is 8.82. The Morgan fingerprint density at radius 1 is 1.12 bits per heavy atom. The van der Waals surface area contributed by atoms with Gasteiger partial charge in [-0.25, -0.2) is 18.4 Å². The molecule has 0 atom stereocenters. The van der Waals surface area contributed by atoms with Gasteiger partial charge in [-0.2, -0.15) is 4.31 Å². The van der Waals surface area contributed by atoms with Gasteiger partial charge in [0.05, 0.1) is 15.5 Å². The number of benzene rings is 1. The summed E-state index contributed by atoms with van der Waals surface area (Å²) in [5.74, 6) is 0.692. The number of hydrogen-bond acceptors (Lipinski definition) is 6. The van der Waals surface area contributed by atoms with E-state index in [1.807, 2.05) is 24.7 Å². The van der Waals surface area contributed by atoms with Crippen LogP contribution in [0.1, 0.15) is 43.4 Å². The average molecular weight is 488 g/mol. The highest BCUT2D eigenvalue weighted by Crippen LogP contribution is 2.31. The SMILES string of the molecule is Cc1nc(NC(=O)CCc2ccc(S(=O)(=O)N3CCCCCC3)cc2)sc1-c1nccn1C. The van der Waals surface area contributed by atoms with E-state index in [1.165, 1.54) is 11.3 Å². The van der Waals surface area contributed by atoms with Gasteiger partial charge in [0.15, 0.2) is 11.0 Å². The fourth-order valence-electron chi connectivity index (χ4n) is 3.94. The maximum absolute atomic E-state index is 12.9. The van der Waals surface area contributed by atoms with Crippen LogP contribution in [0.25, 0.3) is 10.7 Å². The number of carbonyl (C=O) groups is 1. The summed E-state index contributed by atoms with van der Waals surface area (Å²) in [4.78, 5) is 22.5. The molecule has 0 bridgehead atoms. The van der Waals surface area contributed by atoms with E-state index in [-0.39, 0.29) is 12.3 Å². The number of rotatable bonds is 7. The third-order valence-electron chi connectivity index (χ3n) is 5.83. The van der Waals surface area contributed by atoms with Gasteiger partial charge < -0.3 is 9.88 Å². The Kier molecular flexibility index (Phi) is 7.26. The maximum atomic E-state index is 12.9. The lowest BCUT2D eigenvalue weighted by Crippen LogP contribution is -2.31. The van der Waals surface area contributed by atoms with Crippen LogP contribution >= 0.6 is 11.3 Å². The molecular weight excluding hydrogens is 458 g/mol. The highest BCUT2D eigenvalue weighted by Gasteiger charge is 2.25. The van der Waals surface area contributed by atoms with E-state index in [9.17, 15) is 13.2 Å². The van der Waals surface area contributed by atoms with Gasteiger partial charge in [-0.1, -0.05) is 36.3 Å². The smallest absolute Gasteiger partial charge is 0.243 e. The number of imidazole rings is 1. The van der Waals surface area contributed by atoms with Crippen molar-refractivity contribution in [1.82, 2.24) is 18.8 Å². The van der Waals surface area contributed by atoms with Crippen LogP contribution in [-0.2, 0) is 28.3 Å². The second kappa shape index (κ2) is 10.1. The number of aromatic nitrogens is 3. The Labute approximate surface area is 198 Å². The number of aryl methyl sites for hydroxylation is 3. The van der Waals surface area contributed by atoms with E-state index in [0.29, 0.717) is 29.5 Å². The number of nitrogens with one attached hydrogen (secondary N) is 1. The molecule has 3 heterocycles. The lowest BCUT2D eigenvalue weighted by molar-refractivity contribution is -0.116. The minimum atomic E-state index is -3.46. The third kappa shape index (κ3) is 5.51. The fourth-order valence-corrected chi connectivity index (χ4v) is 6.48. The van der Waals surface area contributed by atoms with Gasteiger partial charge in [0.1, 0.15) is 0 Å². The number of hydrogen-bond donors (Lipinski definition) is 1. The van der Waals surface area contributed by atoms with Crippen molar-refractivity contribution >= 4 is 32.4 Å². The lowest BCUT2D eigenvalue weighted by atomic mass is 10.1. The second-order valence-electron chi connectivity index (χ2n) is 8.31. The Bertz CT molecular complexity index is 1210. The molecule has 8 nitrogen and oxygen atoms in total. The monoisotopic (exact) mass is 487 g/mol. The summed E-state index contributed by atoms with van der Waals surface area (Å²) in [6.07, 6.45) is 8.40. The van der Waals surface area contributed by atoms with E-state index in [4.69, 9.17) is 0 Å². The molecule has 0 aliphatic carbocycles. The van der Waals surface area contributed by atoms with Crippen molar-refractivity contribution in [1.29, 1.82) is 0 Å². The molecule has 1 aromatic carbocycles. The number of thiazole rings is 1. The molecule has 0 spiro atoms. The fraction of sp³-hybridized carbons (Fsp3) is 0.435. The van der Waals surface area contributed by atoms with Gasteiger partial charge in [0.25, 0.3) is 0 Å². The molecule has 2 aromatic heterocycles. The van der Waals surface area contributed by atoms with Crippen LogP contribution in [0.4, 0.5) is 5.13 Å². The van der Waals surface area contributed by atoms with E-state index < -0.39 is 10.0 Å². The summed E-state index contributed by atoms with van der Waals surface area (Å²) in [7, 11) is -1.54. The Morgan fingerprint density at radius 3 is 2.45 bits per heavy atom. The van der Waals surface area contributed by atoms with Crippen molar-refractivity contribution in [2.45, 2.75) is 50.3 Å². The first kappa shape index (κ1) is 23.6. The van der Waals surface area contributed by atoms with Crippen molar-refractivity contribution in [2.75, 3.05) is 18.4 Å². The van der Waals surface area contributed by atoms with Crippen molar-refractivity contribution < 1.29 is 13.2 Å². The number of nitrogens with zero attached hydrogens (tertiary/aromatic N) is 4. The van der Waals surface area contributed by atoms with Crippen LogP contribution in [0.15, 0.2) is 41.6 Å². The van der Waals surface area contributed by atoms with Crippen molar-refractivity contribution in [3.63, 3.8) is 0 Å². The molecule has 33 heavy (non-hydrogen) atoms. The zero-order chi connectivity index (χ0) is 23.4. The van der Waals surface area contributed by atoms with E-state index in [0.717, 1.165) is 47.6 Å². The van der Waals surface area contributed by atoms with E-state index >= 15 is 0 Å². The second-order valence-corrected chi connectivity index (χ2v) is 11.2. The molecule has 3 aromatic rings. The number of amides is 1. The van der Waals surface area contributed by atoms with Crippen LogP contribution in [0, 0.1) is 6.92 Å². The van der Waals surface area contributed by atoms with Crippen LogP contribution in [0.3, 0.4) is 0 Å². The van der Waals surface area contributed by atoms with E-state index in [1.54, 1.807) is 34.8 Å². The topological polar surface area (TPSA) is 97.2 Å². The van der Waals surface area contributed by atoms with Crippen LogP contribution in [0.5, 0.6) is 0 Å². The maximum Gasteiger partial charge on any atom is 0.243 e. The first-order valence-corrected chi connectivity index (χ1v) is 13.4. The molecule has 1 fully saturated rings. The predicted molar refractivity (Wildman–Crippen MR) is 130 cm³/mol. The minimum absolute atomic E-state index is 0.128. The summed E-state index contributed by atoms with van der Waals surface area (Å²) < 4.78 is 29.3. The molecule has 0 unspecified atom stereocenters. The Morgan fingerprint density at radius 2 is 1.82 bits per heavy atom. The largest absolute Gasteiger partial charge is 0.333 e. The normalized spacial score (nSPS) is 15.3. The summed E-state index contributed by atoms with van der Waals surface area (Å²) >= 11 is 1.40. The zero-order valence-electron chi connectivity index (χ0n) is 19.0. The van der Waals surface area contributed by atoms with Crippen LogP contribution in [-0.4, -0.2) is 46.3 Å². The Balaban J connectivity index is 1.34. The number of sulfonamides is 1. The van der Waals surface area contributed by atoms with Gasteiger partial charge in [-0.3, -0.25) is 4.79 Å². The number of anilines is 1. The Hall–Kier alpha value is -2.56. The van der Waals surface area contributed by atoms with Crippen LogP contribution < -0.4 is 5.32 Å². The van der Waals surface area contributed by atoms with Gasteiger partial charge in [-0.05, 0) is 43.9 Å². The van der Waals surface area contributed by atoms with Gasteiger partial charge >= 0.3 is 0 Å². The molecule has 1 amide bonds. The first-order chi connectivity index (χ1) is 15.8. The standard InChI is InChI=1S/C23H29N5O3S2/c1-17-21(22-24-13-16-27(22)2)32-23(25-17)26-20(29)12-9-18-7-10-19(11-8-18)33(30,31)28-14-5-3-4-6-15-28/h7-8,10-11,13,16H,3-6,9,12,14-15H2,1-2H3,(H,25,26,29). The van der Waals surface area contributed by atoms with Gasteiger partial charge in [0.2, 0.25) is 15.9 Å². The van der Waals surface area contributed by atoms with Crippen molar-refractivity contribution in [2.24, 2.45) is 7.05 Å². The lowest BCUT2D eigenvalue weighted by Gasteiger charge is -2.20. The molecule has 0 radical (unpaired) electrons. The molecule has 176 valence electrons. The quantitative estimate of drug-likeness (QED) is 0.544. The highest BCUT2D eigenvalue weighted by atomic mass is 32.2. The molecule has 1 aliphatic heterocycles. The molecule has 0 saturated carbocycles.